The lowest BCUT2D eigenvalue weighted by Gasteiger charge is -2.30. The molecule has 30 heavy (non-hydrogen) atoms. The van der Waals surface area contributed by atoms with Crippen molar-refractivity contribution in [2.45, 2.75) is 26.8 Å². The minimum Gasteiger partial charge on any atom is -0.490 e. The van der Waals surface area contributed by atoms with Gasteiger partial charge in [-0.25, -0.2) is 4.68 Å². The number of ether oxygens (including phenoxy) is 2. The molecule has 2 heterocycles. The molecule has 0 radical (unpaired) electrons. The van der Waals surface area contributed by atoms with Crippen molar-refractivity contribution in [2.75, 3.05) is 19.8 Å². The maximum Gasteiger partial charge on any atom is 0.275 e. The van der Waals surface area contributed by atoms with Gasteiger partial charge in [0, 0.05) is 25.5 Å². The maximum absolute atomic E-state index is 13.4. The van der Waals surface area contributed by atoms with Crippen LogP contribution in [-0.2, 0) is 20.0 Å². The van der Waals surface area contributed by atoms with Crippen LogP contribution in [0.15, 0.2) is 41.2 Å². The van der Waals surface area contributed by atoms with Crippen LogP contribution in [-0.4, -0.2) is 40.3 Å². The standard InChI is InChI=1S/C23H25N3O4/c1-4-29-19-12-15-10-11-26(14-16(15)13-20(19)30-5-2)23(28)21-17-8-6-7-9-18(17)22(27)25(3)24-21/h6-9,12-13H,4-5,10-11,14H2,1-3H3. The Bertz CT molecular complexity index is 1170. The largest absolute Gasteiger partial charge is 0.490 e. The summed E-state index contributed by atoms with van der Waals surface area (Å²) in [6.45, 7) is 6.01. The Hall–Kier alpha value is -3.35. The van der Waals surface area contributed by atoms with E-state index < -0.39 is 0 Å². The van der Waals surface area contributed by atoms with Gasteiger partial charge in [-0.05, 0) is 49.6 Å². The highest BCUT2D eigenvalue weighted by molar-refractivity contribution is 6.04. The van der Waals surface area contributed by atoms with Crippen molar-refractivity contribution in [1.29, 1.82) is 0 Å². The summed E-state index contributed by atoms with van der Waals surface area (Å²) in [5.41, 5.74) is 2.28. The predicted molar refractivity (Wildman–Crippen MR) is 114 cm³/mol. The van der Waals surface area contributed by atoms with Gasteiger partial charge in [0.05, 0.1) is 18.6 Å². The zero-order valence-corrected chi connectivity index (χ0v) is 17.5. The molecule has 3 aromatic rings. The first-order valence-corrected chi connectivity index (χ1v) is 10.2. The molecule has 0 unspecified atom stereocenters. The number of hydrogen-bond acceptors (Lipinski definition) is 5. The van der Waals surface area contributed by atoms with E-state index in [1.54, 1.807) is 30.1 Å². The summed E-state index contributed by atoms with van der Waals surface area (Å²) < 4.78 is 12.7. The molecular weight excluding hydrogens is 382 g/mol. The van der Waals surface area contributed by atoms with E-state index in [4.69, 9.17) is 9.47 Å². The number of aryl methyl sites for hydroxylation is 1. The zero-order valence-electron chi connectivity index (χ0n) is 17.5. The number of hydrogen-bond donors (Lipinski definition) is 0. The van der Waals surface area contributed by atoms with Gasteiger partial charge in [0.25, 0.3) is 11.5 Å². The van der Waals surface area contributed by atoms with Gasteiger partial charge in [0.2, 0.25) is 0 Å². The van der Waals surface area contributed by atoms with Crippen LogP contribution in [0.2, 0.25) is 0 Å². The predicted octanol–water partition coefficient (Wildman–Crippen LogP) is 2.93. The first kappa shape index (κ1) is 19.9. The Labute approximate surface area is 174 Å². The van der Waals surface area contributed by atoms with Crippen LogP contribution in [0.25, 0.3) is 10.8 Å². The van der Waals surface area contributed by atoms with Crippen molar-refractivity contribution >= 4 is 16.7 Å². The zero-order chi connectivity index (χ0) is 21.3. The first-order valence-electron chi connectivity index (χ1n) is 10.2. The van der Waals surface area contributed by atoms with Crippen LogP contribution in [0, 0.1) is 0 Å². The van der Waals surface area contributed by atoms with Crippen molar-refractivity contribution in [1.82, 2.24) is 14.7 Å². The molecule has 7 nitrogen and oxygen atoms in total. The van der Waals surface area contributed by atoms with E-state index in [9.17, 15) is 9.59 Å². The van der Waals surface area contributed by atoms with E-state index in [2.05, 4.69) is 5.10 Å². The Balaban J connectivity index is 1.69. The summed E-state index contributed by atoms with van der Waals surface area (Å²) in [6, 6.07) is 11.1. The minimum absolute atomic E-state index is 0.181. The molecule has 0 bridgehead atoms. The van der Waals surface area contributed by atoms with E-state index in [-0.39, 0.29) is 11.5 Å². The molecule has 7 heteroatoms. The topological polar surface area (TPSA) is 73.7 Å². The summed E-state index contributed by atoms with van der Waals surface area (Å²) in [5.74, 6) is 1.25. The van der Waals surface area contributed by atoms with Gasteiger partial charge in [-0.15, -0.1) is 0 Å². The third kappa shape index (κ3) is 3.51. The molecule has 1 aliphatic rings. The molecule has 0 spiro atoms. The fourth-order valence-corrected chi connectivity index (χ4v) is 3.88. The van der Waals surface area contributed by atoms with Gasteiger partial charge >= 0.3 is 0 Å². The fourth-order valence-electron chi connectivity index (χ4n) is 3.88. The summed E-state index contributed by atoms with van der Waals surface area (Å²) >= 11 is 0. The van der Waals surface area contributed by atoms with Crippen LogP contribution >= 0.6 is 0 Å². The summed E-state index contributed by atoms with van der Waals surface area (Å²) in [4.78, 5) is 27.5. The normalized spacial score (nSPS) is 13.2. The molecule has 0 atom stereocenters. The average molecular weight is 407 g/mol. The van der Waals surface area contributed by atoms with Crippen molar-refractivity contribution in [3.8, 4) is 11.5 Å². The molecule has 1 aromatic heterocycles. The second kappa shape index (κ2) is 8.18. The summed E-state index contributed by atoms with van der Waals surface area (Å²) in [6.07, 6.45) is 0.719. The van der Waals surface area contributed by atoms with Gasteiger partial charge in [0.1, 0.15) is 0 Å². The van der Waals surface area contributed by atoms with E-state index in [1.807, 2.05) is 32.0 Å². The van der Waals surface area contributed by atoms with Crippen LogP contribution in [0.4, 0.5) is 0 Å². The molecule has 0 fully saturated rings. The fraction of sp³-hybridized carbons (Fsp3) is 0.348. The number of carbonyl (C=O) groups excluding carboxylic acids is 1. The maximum atomic E-state index is 13.4. The van der Waals surface area contributed by atoms with Crippen molar-refractivity contribution < 1.29 is 14.3 Å². The second-order valence-electron chi connectivity index (χ2n) is 7.23. The molecule has 4 rings (SSSR count). The Morgan fingerprint density at radius 1 is 1.03 bits per heavy atom. The van der Waals surface area contributed by atoms with E-state index in [0.717, 1.165) is 23.3 Å². The summed E-state index contributed by atoms with van der Waals surface area (Å²) in [7, 11) is 1.57. The van der Waals surface area contributed by atoms with E-state index in [0.29, 0.717) is 48.5 Å². The molecular formula is C23H25N3O4. The molecule has 0 saturated carbocycles. The monoisotopic (exact) mass is 407 g/mol. The molecule has 156 valence electrons. The number of aromatic nitrogens is 2. The average Bonchev–Trinajstić information content (AvgIpc) is 2.76. The second-order valence-corrected chi connectivity index (χ2v) is 7.23. The smallest absolute Gasteiger partial charge is 0.275 e. The lowest BCUT2D eigenvalue weighted by molar-refractivity contribution is 0.0728. The number of rotatable bonds is 5. The molecule has 1 amide bonds. The Kier molecular flexibility index (Phi) is 5.44. The highest BCUT2D eigenvalue weighted by atomic mass is 16.5. The lowest BCUT2D eigenvalue weighted by Crippen LogP contribution is -2.37. The number of nitrogens with zero attached hydrogens (tertiary/aromatic N) is 3. The van der Waals surface area contributed by atoms with Crippen LogP contribution < -0.4 is 15.0 Å². The highest BCUT2D eigenvalue weighted by Crippen LogP contribution is 2.34. The Morgan fingerprint density at radius 3 is 2.33 bits per heavy atom. The first-order chi connectivity index (χ1) is 14.5. The van der Waals surface area contributed by atoms with Crippen LogP contribution in [0.3, 0.4) is 0 Å². The quantitative estimate of drug-likeness (QED) is 0.650. The molecule has 1 aliphatic heterocycles. The van der Waals surface area contributed by atoms with Gasteiger partial charge in [-0.3, -0.25) is 9.59 Å². The number of amides is 1. The third-order valence-electron chi connectivity index (χ3n) is 5.32. The minimum atomic E-state index is -0.212. The van der Waals surface area contributed by atoms with E-state index in [1.165, 1.54) is 4.68 Å². The molecule has 0 aliphatic carbocycles. The number of benzene rings is 2. The molecule has 2 aromatic carbocycles. The van der Waals surface area contributed by atoms with Gasteiger partial charge in [-0.2, -0.15) is 5.10 Å². The lowest BCUT2D eigenvalue weighted by atomic mass is 9.98. The van der Waals surface area contributed by atoms with Gasteiger partial charge in [0.15, 0.2) is 17.2 Å². The van der Waals surface area contributed by atoms with Crippen LogP contribution in [0.5, 0.6) is 11.5 Å². The van der Waals surface area contributed by atoms with Gasteiger partial charge < -0.3 is 14.4 Å². The van der Waals surface area contributed by atoms with Crippen molar-refractivity contribution in [2.24, 2.45) is 7.05 Å². The van der Waals surface area contributed by atoms with Gasteiger partial charge in [-0.1, -0.05) is 18.2 Å². The third-order valence-corrected chi connectivity index (χ3v) is 5.32. The molecule has 0 saturated heterocycles. The van der Waals surface area contributed by atoms with Crippen molar-refractivity contribution in [3.05, 3.63) is 63.6 Å². The summed E-state index contributed by atoms with van der Waals surface area (Å²) in [5, 5.41) is 5.36. The number of fused-ring (bicyclic) bond motifs is 2. The number of carbonyl (C=O) groups is 1. The Morgan fingerprint density at radius 2 is 1.67 bits per heavy atom. The molecule has 0 N–H and O–H groups in total. The highest BCUT2D eigenvalue weighted by Gasteiger charge is 2.26. The SMILES string of the molecule is CCOc1cc2c(cc1OCC)CN(C(=O)c1nn(C)c(=O)c3ccccc13)CC2. The van der Waals surface area contributed by atoms with E-state index >= 15 is 0 Å². The van der Waals surface area contributed by atoms with Crippen molar-refractivity contribution in [3.63, 3.8) is 0 Å². The van der Waals surface area contributed by atoms with Crippen LogP contribution in [0.1, 0.15) is 35.5 Å².